The summed E-state index contributed by atoms with van der Waals surface area (Å²) in [5.41, 5.74) is 6.26. The molecular weight excluding hydrogens is 319 g/mol. The van der Waals surface area contributed by atoms with Crippen LogP contribution in [0.2, 0.25) is 0 Å². The SMILES string of the molecule is Cc1ccc2c(c1)C(C)(C)C1=CC(I)=CCC12. The molecule has 1 aromatic rings. The minimum Gasteiger partial charge on any atom is -0.0702 e. The van der Waals surface area contributed by atoms with Crippen molar-refractivity contribution in [2.75, 3.05) is 0 Å². The maximum atomic E-state index is 2.44. The van der Waals surface area contributed by atoms with Crippen LogP contribution in [-0.4, -0.2) is 0 Å². The smallest absolute Gasteiger partial charge is 0.0118 e. The normalized spacial score (nSPS) is 24.8. The first kappa shape index (κ1) is 11.5. The molecule has 88 valence electrons. The molecule has 1 atom stereocenters. The second-order valence-electron chi connectivity index (χ2n) is 5.69. The van der Waals surface area contributed by atoms with Crippen LogP contribution in [0, 0.1) is 6.92 Å². The quantitative estimate of drug-likeness (QED) is 0.584. The zero-order chi connectivity index (χ0) is 12.2. The van der Waals surface area contributed by atoms with Crippen molar-refractivity contribution < 1.29 is 0 Å². The number of hydrogen-bond acceptors (Lipinski definition) is 0. The maximum absolute atomic E-state index is 2.44. The Balaban J connectivity index is 2.23. The number of rotatable bonds is 0. The molecule has 3 rings (SSSR count). The van der Waals surface area contributed by atoms with E-state index in [-0.39, 0.29) is 5.41 Å². The molecule has 1 unspecified atom stereocenters. The third-order valence-corrected chi connectivity index (χ3v) is 4.95. The fraction of sp³-hybridized carbons (Fsp3) is 0.375. The van der Waals surface area contributed by atoms with Crippen molar-refractivity contribution in [1.29, 1.82) is 0 Å². The molecule has 2 aliphatic rings. The van der Waals surface area contributed by atoms with E-state index >= 15 is 0 Å². The van der Waals surface area contributed by atoms with Crippen LogP contribution < -0.4 is 0 Å². The third kappa shape index (κ3) is 1.62. The highest BCUT2D eigenvalue weighted by Gasteiger charge is 2.41. The molecule has 0 amide bonds. The Hall–Kier alpha value is -0.570. The first-order chi connectivity index (χ1) is 8.00. The predicted octanol–water partition coefficient (Wildman–Crippen LogP) is 5.02. The van der Waals surface area contributed by atoms with Gasteiger partial charge in [-0.2, -0.15) is 0 Å². The highest BCUT2D eigenvalue weighted by atomic mass is 127. The summed E-state index contributed by atoms with van der Waals surface area (Å²) in [5, 5.41) is 0. The Labute approximate surface area is 117 Å². The molecule has 0 nitrogen and oxygen atoms in total. The molecule has 0 aromatic heterocycles. The van der Waals surface area contributed by atoms with Gasteiger partial charge >= 0.3 is 0 Å². The van der Waals surface area contributed by atoms with Crippen LogP contribution in [0.5, 0.6) is 0 Å². The second-order valence-corrected chi connectivity index (χ2v) is 6.94. The van der Waals surface area contributed by atoms with Crippen LogP contribution in [0.4, 0.5) is 0 Å². The van der Waals surface area contributed by atoms with Crippen molar-refractivity contribution in [1.82, 2.24) is 0 Å². The average Bonchev–Trinajstić information content (AvgIpc) is 2.49. The number of halogens is 1. The lowest BCUT2D eigenvalue weighted by Crippen LogP contribution is -2.17. The van der Waals surface area contributed by atoms with E-state index < -0.39 is 0 Å². The lowest BCUT2D eigenvalue weighted by atomic mass is 9.79. The minimum atomic E-state index is 0.205. The van der Waals surface area contributed by atoms with Crippen LogP contribution in [-0.2, 0) is 5.41 Å². The monoisotopic (exact) mass is 336 g/mol. The summed E-state index contributed by atoms with van der Waals surface area (Å²) < 4.78 is 1.39. The number of aryl methyl sites for hydroxylation is 1. The van der Waals surface area contributed by atoms with Crippen LogP contribution in [0.25, 0.3) is 0 Å². The van der Waals surface area contributed by atoms with Crippen molar-refractivity contribution in [3.63, 3.8) is 0 Å². The standard InChI is InChI=1S/C16H17I/c1-10-4-6-12-13-7-5-11(17)9-15(13)16(2,3)14(12)8-10/h4-6,8-9,13H,7H2,1-3H3. The van der Waals surface area contributed by atoms with Gasteiger partial charge in [-0.3, -0.25) is 0 Å². The van der Waals surface area contributed by atoms with Gasteiger partial charge < -0.3 is 0 Å². The van der Waals surface area contributed by atoms with Crippen LogP contribution >= 0.6 is 22.6 Å². The Morgan fingerprint density at radius 3 is 2.82 bits per heavy atom. The third-order valence-electron chi connectivity index (χ3n) is 4.20. The zero-order valence-corrected chi connectivity index (χ0v) is 12.7. The van der Waals surface area contributed by atoms with Gasteiger partial charge in [0.15, 0.2) is 0 Å². The highest BCUT2D eigenvalue weighted by molar-refractivity contribution is 14.1. The summed E-state index contributed by atoms with van der Waals surface area (Å²) in [5.74, 6) is 0.624. The van der Waals surface area contributed by atoms with E-state index in [9.17, 15) is 0 Å². The molecule has 0 aliphatic heterocycles. The predicted molar refractivity (Wildman–Crippen MR) is 81.7 cm³/mol. The molecule has 0 fully saturated rings. The molecule has 0 N–H and O–H groups in total. The second kappa shape index (κ2) is 3.71. The Morgan fingerprint density at radius 1 is 1.29 bits per heavy atom. The molecule has 0 heterocycles. The Morgan fingerprint density at radius 2 is 2.06 bits per heavy atom. The molecule has 1 aromatic carbocycles. The van der Waals surface area contributed by atoms with E-state index in [1.807, 2.05) is 0 Å². The zero-order valence-electron chi connectivity index (χ0n) is 10.5. The Kier molecular flexibility index (Phi) is 2.51. The van der Waals surface area contributed by atoms with E-state index in [1.54, 1.807) is 11.1 Å². The summed E-state index contributed by atoms with van der Waals surface area (Å²) in [6.45, 7) is 6.92. The Bertz CT molecular complexity index is 547. The summed E-state index contributed by atoms with van der Waals surface area (Å²) in [6, 6.07) is 6.96. The number of allylic oxidation sites excluding steroid dienone is 4. The van der Waals surface area contributed by atoms with Gasteiger partial charge in [0.05, 0.1) is 0 Å². The number of hydrogen-bond donors (Lipinski definition) is 0. The van der Waals surface area contributed by atoms with E-state index in [4.69, 9.17) is 0 Å². The van der Waals surface area contributed by atoms with Gasteiger partial charge in [-0.05, 0) is 53.1 Å². The summed E-state index contributed by atoms with van der Waals surface area (Å²) in [4.78, 5) is 0. The minimum absolute atomic E-state index is 0.205. The van der Waals surface area contributed by atoms with Crippen molar-refractivity contribution in [3.8, 4) is 0 Å². The first-order valence-electron chi connectivity index (χ1n) is 6.19. The van der Waals surface area contributed by atoms with Crippen molar-refractivity contribution in [3.05, 3.63) is 56.2 Å². The van der Waals surface area contributed by atoms with Crippen LogP contribution in [0.3, 0.4) is 0 Å². The molecule has 0 bridgehead atoms. The first-order valence-corrected chi connectivity index (χ1v) is 7.27. The van der Waals surface area contributed by atoms with Crippen LogP contribution in [0.15, 0.2) is 39.5 Å². The van der Waals surface area contributed by atoms with Crippen LogP contribution in [0.1, 0.15) is 42.9 Å². The van der Waals surface area contributed by atoms with Gasteiger partial charge in [0.25, 0.3) is 0 Å². The van der Waals surface area contributed by atoms with Gasteiger partial charge in [-0.1, -0.05) is 49.3 Å². The molecule has 0 saturated heterocycles. The number of benzene rings is 1. The molecule has 1 heteroatoms. The molecule has 2 aliphatic carbocycles. The molecule has 17 heavy (non-hydrogen) atoms. The fourth-order valence-corrected chi connectivity index (χ4v) is 3.84. The topological polar surface area (TPSA) is 0 Å². The summed E-state index contributed by atoms with van der Waals surface area (Å²) in [7, 11) is 0. The van der Waals surface area contributed by atoms with Gasteiger partial charge in [-0.15, -0.1) is 0 Å². The van der Waals surface area contributed by atoms with Crippen molar-refractivity contribution in [2.45, 2.75) is 38.5 Å². The lowest BCUT2D eigenvalue weighted by molar-refractivity contribution is 0.612. The fourth-order valence-electron chi connectivity index (χ4n) is 3.25. The van der Waals surface area contributed by atoms with Gasteiger partial charge in [0.2, 0.25) is 0 Å². The maximum Gasteiger partial charge on any atom is 0.0118 e. The molecule has 0 spiro atoms. The average molecular weight is 336 g/mol. The largest absolute Gasteiger partial charge is 0.0702 e. The molecular formula is C16H17I. The van der Waals surface area contributed by atoms with E-state index in [1.165, 1.54) is 21.1 Å². The van der Waals surface area contributed by atoms with E-state index in [0.29, 0.717) is 5.92 Å². The highest BCUT2D eigenvalue weighted by Crippen LogP contribution is 2.53. The molecule has 0 saturated carbocycles. The van der Waals surface area contributed by atoms with E-state index in [0.717, 1.165) is 0 Å². The summed E-state index contributed by atoms with van der Waals surface area (Å²) >= 11 is 2.44. The van der Waals surface area contributed by atoms with Gasteiger partial charge in [0.1, 0.15) is 0 Å². The van der Waals surface area contributed by atoms with Crippen molar-refractivity contribution in [2.24, 2.45) is 0 Å². The van der Waals surface area contributed by atoms with Gasteiger partial charge in [-0.25, -0.2) is 0 Å². The number of fused-ring (bicyclic) bond motifs is 3. The van der Waals surface area contributed by atoms with E-state index in [2.05, 4.69) is 73.7 Å². The summed E-state index contributed by atoms with van der Waals surface area (Å²) in [6.07, 6.45) is 5.92. The van der Waals surface area contributed by atoms with Gasteiger partial charge in [0, 0.05) is 14.9 Å². The lowest BCUT2D eigenvalue weighted by Gasteiger charge is -2.26. The molecule has 0 radical (unpaired) electrons. The van der Waals surface area contributed by atoms with Crippen molar-refractivity contribution >= 4 is 22.6 Å².